The summed E-state index contributed by atoms with van der Waals surface area (Å²) in [5.41, 5.74) is 0. The molecule has 0 fully saturated rings. The van der Waals surface area contributed by atoms with Crippen LogP contribution in [0.15, 0.2) is 0 Å². The lowest BCUT2D eigenvalue weighted by molar-refractivity contribution is 3.18. The lowest BCUT2D eigenvalue weighted by atomic mass is 8.23. The first kappa shape index (κ1) is 87.3. The summed E-state index contributed by atoms with van der Waals surface area (Å²) in [5.74, 6) is 0. The van der Waals surface area contributed by atoms with Gasteiger partial charge in [0.2, 0.25) is 0 Å². The van der Waals surface area contributed by atoms with Crippen LogP contribution in [0.3, 0.4) is 0 Å². The summed E-state index contributed by atoms with van der Waals surface area (Å²) in [4.78, 5) is 0. The van der Waals surface area contributed by atoms with Crippen LogP contribution in [-0.2, 0) is 0 Å². The van der Waals surface area contributed by atoms with Crippen molar-refractivity contribution in [1.82, 2.24) is 0 Å². The molecule has 82 heteroatoms. The predicted molar refractivity (Wildman–Crippen MR) is 589 cm³/mol. The summed E-state index contributed by atoms with van der Waals surface area (Å²) in [7, 11) is 113. The molecule has 82 heavy (non-hydrogen) atoms. The van der Waals surface area contributed by atoms with Crippen molar-refractivity contribution in [3.05, 3.63) is 0 Å². The molecule has 0 saturated heterocycles. The molecule has 0 aliphatic heterocycles. The zero-order chi connectivity index (χ0) is 64.9. The first-order chi connectivity index (χ1) is 37.4. The molecular formula is H84B82. The molecule has 0 spiro atoms. The minimum Gasteiger partial charge on any atom is 0.000235 e. The summed E-state index contributed by atoms with van der Waals surface area (Å²) in [6.45, 7) is 0. The third-order valence-electron chi connectivity index (χ3n) is 24.3. The highest BCUT2D eigenvalue weighted by atomic mass is 13.4. The van der Waals surface area contributed by atoms with Crippen molar-refractivity contribution in [2.45, 2.75) is 0 Å². The normalized spacial score (nSPS) is 9.76. The fourth-order valence-electron chi connectivity index (χ4n) is 23.6. The van der Waals surface area contributed by atoms with Gasteiger partial charge in [-0.05, 0) is 0 Å². The van der Waals surface area contributed by atoms with E-state index in [4.69, 9.17) is 0 Å². The summed E-state index contributed by atoms with van der Waals surface area (Å²) in [5, 5.41) is 0. The zero-order valence-electron chi connectivity index (χ0n) is 64.9. The Balaban J connectivity index is 12.2. The van der Waals surface area contributed by atoms with Gasteiger partial charge in [-0.3, -0.25) is 0 Å². The number of rotatable bonds is 40. The van der Waals surface area contributed by atoms with Gasteiger partial charge in [0.25, 0.3) is 0 Å². The van der Waals surface area contributed by atoms with Gasteiger partial charge < -0.3 is 0 Å². The van der Waals surface area contributed by atoms with Crippen LogP contribution in [0.4, 0.5) is 0 Å². The monoisotopic (exact) mass is 987 g/mol. The molecule has 0 aliphatic rings. The van der Waals surface area contributed by atoms with Gasteiger partial charge in [-0.15, -0.1) is 0 Å². The maximum absolute atomic E-state index is 2.75. The van der Waals surface area contributed by atoms with Gasteiger partial charge in [-0.1, -0.05) is 0 Å². The molecule has 0 rings (SSSR count). The summed E-state index contributed by atoms with van der Waals surface area (Å²) in [6.07, 6.45) is 23.6. The molecule has 0 N–H and O–H groups in total. The third kappa shape index (κ3) is 23.9. The number of hydrogen-bond donors (Lipinski definition) is 0. The molecule has 0 nitrogen and oxygen atoms in total. The lowest BCUT2D eigenvalue weighted by Crippen LogP contribution is -2.96. The van der Waals surface area contributed by atoms with Crippen molar-refractivity contribution >= 4 is 580 Å². The second-order valence-electron chi connectivity index (χ2n) is 36.8. The maximum atomic E-state index is 2.75. The summed E-state index contributed by atoms with van der Waals surface area (Å²) in [6, 6.07) is 0. The fourth-order valence-corrected chi connectivity index (χ4v) is 23.6. The van der Waals surface area contributed by atoms with E-state index in [2.05, 4.69) is 317 Å². The minimum absolute atomic E-state index is 0.555. The third-order valence-corrected chi connectivity index (χ3v) is 24.3. The average Bonchev–Trinajstić information content (AvgIpc) is 3.25. The van der Waals surface area contributed by atoms with Crippen LogP contribution in [0.2, 0.25) is 0 Å². The molecular weight excluding hydrogens is 887 g/mol. The standard InChI is InChI=1S/B82H84/c1-42-64(44(2)3)76(63(40)41)79(71(53(20)21)54(22)23)66(80(81(72(55(24)25)56(26)27)73(57(28)29)58(30)31)82(74(59(32)33)60(34)35)75(61(36)37)62(38)39)43-65(77(67(45(4)5)46(6)7)68(47(8)9)48(10)11)78(69(49(12)13)50(14)15)70(51(16)17)52(18)19/h42-43H,1-41H2. The smallest absolute Gasteiger partial charge is 0.000235 e. The molecule has 0 aromatic rings. The first-order valence-corrected chi connectivity index (χ1v) is 37.4. The van der Waals surface area contributed by atoms with E-state index in [0.717, 1.165) is 0 Å². The van der Waals surface area contributed by atoms with E-state index in [0.29, 0.717) is 249 Å². The molecule has 0 heterocycles. The second-order valence-corrected chi connectivity index (χ2v) is 36.8. The van der Waals surface area contributed by atoms with E-state index in [-0.39, 0.29) is 0 Å². The van der Waals surface area contributed by atoms with Gasteiger partial charge in [-0.2, -0.15) is 0 Å². The van der Waals surface area contributed by atoms with E-state index >= 15 is 0 Å². The molecule has 0 radical (unpaired) electrons. The van der Waals surface area contributed by atoms with E-state index in [1.165, 1.54) is 14.1 Å². The Hall–Kier alpha value is 5.32. The van der Waals surface area contributed by atoms with Gasteiger partial charge in [0.15, 0.2) is 0 Å². The fraction of sp³-hybridized carbons (Fsp3) is 0. The van der Waals surface area contributed by atoms with Crippen LogP contribution in [0.1, 0.15) is 0 Å². The van der Waals surface area contributed by atoms with E-state index < -0.39 is 0 Å². The van der Waals surface area contributed by atoms with E-state index in [1.54, 1.807) is 0 Å². The van der Waals surface area contributed by atoms with Crippen molar-refractivity contribution in [2.75, 3.05) is 0 Å². The molecule has 0 aromatic heterocycles. The molecule has 0 aromatic carbocycles. The van der Waals surface area contributed by atoms with Gasteiger partial charge in [0, 0.05) is 263 Å². The topological polar surface area (TPSA) is 0 Å². The maximum Gasteiger partial charge on any atom is 0.0593 e. The molecule has 0 atom stereocenters. The van der Waals surface area contributed by atoms with E-state index in [1.807, 2.05) is 0 Å². The summed E-state index contributed by atoms with van der Waals surface area (Å²) >= 11 is 0. The highest BCUT2D eigenvalue weighted by Crippen LogP contribution is 2.24. The Labute approximate surface area is 574 Å². The van der Waals surface area contributed by atoms with Crippen molar-refractivity contribution < 1.29 is 0 Å². The Morgan fingerprint density at radius 1 is 0.122 bits per heavy atom. The molecule has 0 aliphatic carbocycles. The van der Waals surface area contributed by atoms with Crippen LogP contribution in [-0.4, -0.2) is 580 Å². The highest BCUT2D eigenvalue weighted by Gasteiger charge is 2.63. The number of hydrogen-bond acceptors (Lipinski definition) is 0. The van der Waals surface area contributed by atoms with Gasteiger partial charge >= 0.3 is 0 Å². The van der Waals surface area contributed by atoms with Crippen molar-refractivity contribution in [1.29, 1.82) is 0 Å². The van der Waals surface area contributed by atoms with E-state index in [9.17, 15) is 0 Å². The van der Waals surface area contributed by atoms with Crippen LogP contribution < -0.4 is 0 Å². The zero-order valence-corrected chi connectivity index (χ0v) is 64.9. The molecule has 0 unspecified atom stereocenters. The molecule has 0 amide bonds. The van der Waals surface area contributed by atoms with Crippen LogP contribution in [0.25, 0.3) is 0 Å². The molecule has 0 bridgehead atoms. The van der Waals surface area contributed by atoms with Gasteiger partial charge in [0.1, 0.15) is 0 Å². The quantitative estimate of drug-likeness (QED) is 0.0537. The average molecular weight is 971 g/mol. The van der Waals surface area contributed by atoms with Gasteiger partial charge in [0.05, 0.1) is 317 Å². The Bertz CT molecular complexity index is 1360. The largest absolute Gasteiger partial charge is 0.0593 e. The van der Waals surface area contributed by atoms with Gasteiger partial charge in [-0.25, -0.2) is 0 Å². The Morgan fingerprint density at radius 3 is 0.366 bits per heavy atom. The first-order valence-electron chi connectivity index (χ1n) is 37.4. The predicted octanol–water partition coefficient (Wildman–Crippen LogP) is -53.7. The lowest BCUT2D eigenvalue weighted by Gasteiger charge is -2.57. The highest BCUT2D eigenvalue weighted by molar-refractivity contribution is 8.38. The second kappa shape index (κ2) is 40.7. The summed E-state index contributed by atoms with van der Waals surface area (Å²) < 4.78 is 0. The molecule has 330 valence electrons. The Morgan fingerprint density at radius 2 is 0.244 bits per heavy atom. The van der Waals surface area contributed by atoms with Crippen molar-refractivity contribution in [3.63, 3.8) is 0 Å². The Kier molecular flexibility index (Phi) is 43.3. The van der Waals surface area contributed by atoms with Crippen LogP contribution in [0, 0.1) is 0 Å². The van der Waals surface area contributed by atoms with Crippen LogP contribution in [0.5, 0.6) is 0 Å². The van der Waals surface area contributed by atoms with Crippen molar-refractivity contribution in [2.24, 2.45) is 0 Å². The van der Waals surface area contributed by atoms with Crippen LogP contribution >= 0.6 is 0 Å². The van der Waals surface area contributed by atoms with Crippen molar-refractivity contribution in [3.8, 4) is 0 Å². The minimum atomic E-state index is 0.555. The SMILES string of the molecule is BBB(B(B)B)B(B(B)B)B(B(BB(B(B(B(B)B)B(B)B)B(B(B)B)B(B)B)B(B(B(B)B)B(B)B)B(B(B)B)B(B)B)B(B(B(B(B)B)B(B)B)B(B(B)B)B(B)B)B(B(B(B)B)B(B)B)B(B(B)B)B(B)B)B(B(B)B)B(B)B. The molecule has 0 saturated carbocycles.